The van der Waals surface area contributed by atoms with Gasteiger partial charge in [0.1, 0.15) is 0 Å². The number of alkyl halides is 3. The van der Waals surface area contributed by atoms with Crippen molar-refractivity contribution < 1.29 is 26.4 Å². The van der Waals surface area contributed by atoms with Crippen LogP contribution in [0, 0.1) is 6.92 Å². The van der Waals surface area contributed by atoms with Gasteiger partial charge >= 0.3 is 6.18 Å². The fourth-order valence-corrected chi connectivity index (χ4v) is 2.67. The average Bonchev–Trinajstić information content (AvgIpc) is 2.26. The molecule has 1 atom stereocenters. The van der Waals surface area contributed by atoms with Crippen molar-refractivity contribution in [3.05, 3.63) is 29.3 Å². The highest BCUT2D eigenvalue weighted by Gasteiger charge is 2.34. The minimum Gasteiger partial charge on any atom is -0.368 e. The largest absolute Gasteiger partial charge is 0.416 e. The van der Waals surface area contributed by atoms with E-state index in [0.29, 0.717) is 6.07 Å². The molecule has 0 fully saturated rings. The minimum absolute atomic E-state index is 0.0978. The van der Waals surface area contributed by atoms with Crippen LogP contribution in [0.5, 0.6) is 0 Å². The summed E-state index contributed by atoms with van der Waals surface area (Å²) in [5.41, 5.74) is 3.75. The first-order valence-corrected chi connectivity index (χ1v) is 6.93. The number of aryl methyl sites for hydroxylation is 1. The summed E-state index contributed by atoms with van der Waals surface area (Å²) >= 11 is 0. The van der Waals surface area contributed by atoms with Crippen LogP contribution in [0.25, 0.3) is 0 Å². The molecule has 0 heterocycles. The van der Waals surface area contributed by atoms with Crippen molar-refractivity contribution in [3.63, 3.8) is 0 Å². The van der Waals surface area contributed by atoms with Crippen molar-refractivity contribution in [1.29, 1.82) is 0 Å². The quantitative estimate of drug-likeness (QED) is 0.874. The number of nitrogens with two attached hydrogens (primary N) is 1. The highest BCUT2D eigenvalue weighted by atomic mass is 32.2. The van der Waals surface area contributed by atoms with Gasteiger partial charge in [-0.25, -0.2) is 8.42 Å². The maximum absolute atomic E-state index is 12.7. The summed E-state index contributed by atoms with van der Waals surface area (Å²) in [5, 5.41) is 0. The first-order valence-electron chi connectivity index (χ1n) is 5.44. The molecule has 0 radical (unpaired) electrons. The molecule has 0 unspecified atom stereocenters. The Hall–Kier alpha value is -1.61. The lowest BCUT2D eigenvalue weighted by Gasteiger charge is -2.14. The molecule has 1 amide bonds. The van der Waals surface area contributed by atoms with E-state index in [-0.39, 0.29) is 5.56 Å². The number of sulfonamides is 1. The monoisotopic (exact) mass is 310 g/mol. The van der Waals surface area contributed by atoms with Gasteiger partial charge in [0, 0.05) is 0 Å². The summed E-state index contributed by atoms with van der Waals surface area (Å²) in [6.45, 7) is 2.41. The zero-order valence-electron chi connectivity index (χ0n) is 10.7. The van der Waals surface area contributed by atoms with E-state index in [1.807, 2.05) is 4.72 Å². The molecule has 0 aliphatic rings. The molecule has 3 N–H and O–H groups in total. The van der Waals surface area contributed by atoms with Crippen molar-refractivity contribution in [2.75, 3.05) is 0 Å². The van der Waals surface area contributed by atoms with Gasteiger partial charge in [-0.05, 0) is 31.5 Å². The number of carbonyl (C=O) groups excluding carboxylic acids is 1. The van der Waals surface area contributed by atoms with E-state index in [2.05, 4.69) is 0 Å². The first kappa shape index (κ1) is 16.4. The molecule has 0 aromatic heterocycles. The van der Waals surface area contributed by atoms with E-state index in [1.165, 1.54) is 13.8 Å². The molecule has 5 nitrogen and oxygen atoms in total. The molecule has 0 aliphatic heterocycles. The summed E-state index contributed by atoms with van der Waals surface area (Å²) in [7, 11) is -4.25. The molecule has 0 saturated heterocycles. The number of hydrogen-bond donors (Lipinski definition) is 2. The van der Waals surface area contributed by atoms with Crippen molar-refractivity contribution in [2.45, 2.75) is 31.0 Å². The summed E-state index contributed by atoms with van der Waals surface area (Å²) in [5.74, 6) is -0.934. The number of primary amides is 1. The Morgan fingerprint density at radius 3 is 2.35 bits per heavy atom. The fraction of sp³-hybridized carbons (Fsp3) is 0.364. The molecule has 112 valence electrons. The summed E-state index contributed by atoms with van der Waals surface area (Å²) in [4.78, 5) is 10.2. The van der Waals surface area contributed by atoms with Crippen molar-refractivity contribution in [3.8, 4) is 0 Å². The van der Waals surface area contributed by atoms with Gasteiger partial charge in [0.25, 0.3) is 0 Å². The maximum Gasteiger partial charge on any atom is 0.416 e. The molecule has 0 saturated carbocycles. The van der Waals surface area contributed by atoms with Gasteiger partial charge in [0.2, 0.25) is 15.9 Å². The van der Waals surface area contributed by atoms with E-state index in [4.69, 9.17) is 5.73 Å². The van der Waals surface area contributed by atoms with Crippen LogP contribution >= 0.6 is 0 Å². The van der Waals surface area contributed by atoms with Crippen LogP contribution in [0.15, 0.2) is 23.1 Å². The minimum atomic E-state index is -4.66. The molecule has 20 heavy (non-hydrogen) atoms. The van der Waals surface area contributed by atoms with Crippen molar-refractivity contribution >= 4 is 15.9 Å². The maximum atomic E-state index is 12.7. The Labute approximate surface area is 114 Å². The summed E-state index contributed by atoms with van der Waals surface area (Å²) in [6, 6.07) is 1.37. The Morgan fingerprint density at radius 2 is 1.90 bits per heavy atom. The van der Waals surface area contributed by atoms with Crippen LogP contribution < -0.4 is 10.5 Å². The lowest BCUT2D eigenvalue weighted by atomic mass is 10.1. The van der Waals surface area contributed by atoms with Gasteiger partial charge in [-0.15, -0.1) is 0 Å². The molecule has 0 aliphatic carbocycles. The number of carbonyl (C=O) groups is 1. The lowest BCUT2D eigenvalue weighted by Crippen LogP contribution is -2.42. The van der Waals surface area contributed by atoms with Gasteiger partial charge in [-0.2, -0.15) is 17.9 Å². The molecule has 1 aromatic carbocycles. The first-order chi connectivity index (χ1) is 8.95. The van der Waals surface area contributed by atoms with E-state index >= 15 is 0 Å². The van der Waals surface area contributed by atoms with Gasteiger partial charge < -0.3 is 5.73 Å². The normalized spacial score (nSPS) is 14.1. The molecular formula is C11H13F3N2O3S. The number of amides is 1. The number of rotatable bonds is 4. The molecule has 0 spiro atoms. The number of halogens is 3. The van der Waals surface area contributed by atoms with Gasteiger partial charge in [0.05, 0.1) is 16.5 Å². The third-order valence-corrected chi connectivity index (χ3v) is 4.12. The highest BCUT2D eigenvalue weighted by Crippen LogP contribution is 2.33. The topological polar surface area (TPSA) is 89.3 Å². The van der Waals surface area contributed by atoms with E-state index in [0.717, 1.165) is 12.1 Å². The van der Waals surface area contributed by atoms with Crippen molar-refractivity contribution in [1.82, 2.24) is 4.72 Å². The predicted molar refractivity (Wildman–Crippen MR) is 65.2 cm³/mol. The second-order valence-corrected chi connectivity index (χ2v) is 5.93. The second kappa shape index (κ2) is 5.41. The smallest absolute Gasteiger partial charge is 0.368 e. The van der Waals surface area contributed by atoms with Crippen LogP contribution in [0.4, 0.5) is 13.2 Å². The second-order valence-electron chi connectivity index (χ2n) is 4.22. The highest BCUT2D eigenvalue weighted by molar-refractivity contribution is 7.89. The summed E-state index contributed by atoms with van der Waals surface area (Å²) < 4.78 is 63.8. The third kappa shape index (κ3) is 3.70. The number of hydrogen-bond acceptors (Lipinski definition) is 3. The van der Waals surface area contributed by atoms with Gasteiger partial charge in [0.15, 0.2) is 0 Å². The average molecular weight is 310 g/mol. The summed E-state index contributed by atoms with van der Waals surface area (Å²) in [6.07, 6.45) is -4.66. The Morgan fingerprint density at radius 1 is 1.35 bits per heavy atom. The molecule has 0 bridgehead atoms. The standard InChI is InChI=1S/C11H13F3N2O3S/c1-6-3-4-8(5-9(6)11(12,13)14)20(18,19)16-7(2)10(15)17/h3-5,7,16H,1-2H3,(H2,15,17)/t7-/m1/s1. The van der Waals surface area contributed by atoms with E-state index in [9.17, 15) is 26.4 Å². The Kier molecular flexibility index (Phi) is 4.45. The Balaban J connectivity index is 3.24. The Bertz CT molecular complexity index is 626. The van der Waals surface area contributed by atoms with Crippen LogP contribution in [-0.2, 0) is 21.0 Å². The van der Waals surface area contributed by atoms with E-state index < -0.39 is 38.6 Å². The van der Waals surface area contributed by atoms with Crippen LogP contribution in [0.3, 0.4) is 0 Å². The molecule has 9 heteroatoms. The predicted octanol–water partition coefficient (Wildman–Crippen LogP) is 1.17. The molecule has 1 aromatic rings. The van der Waals surface area contributed by atoms with Gasteiger partial charge in [-0.1, -0.05) is 6.07 Å². The lowest BCUT2D eigenvalue weighted by molar-refractivity contribution is -0.138. The van der Waals surface area contributed by atoms with Crippen LogP contribution in [0.2, 0.25) is 0 Å². The van der Waals surface area contributed by atoms with Crippen molar-refractivity contribution in [2.24, 2.45) is 5.73 Å². The van der Waals surface area contributed by atoms with Crippen LogP contribution in [0.1, 0.15) is 18.1 Å². The van der Waals surface area contributed by atoms with Crippen LogP contribution in [-0.4, -0.2) is 20.4 Å². The number of benzene rings is 1. The van der Waals surface area contributed by atoms with E-state index in [1.54, 1.807) is 0 Å². The zero-order valence-corrected chi connectivity index (χ0v) is 11.5. The zero-order chi connectivity index (χ0) is 15.7. The molecule has 1 rings (SSSR count). The number of nitrogens with one attached hydrogen (secondary N) is 1. The van der Waals surface area contributed by atoms with Gasteiger partial charge in [-0.3, -0.25) is 4.79 Å². The fourth-order valence-electron chi connectivity index (χ4n) is 1.43. The molecular weight excluding hydrogens is 297 g/mol. The third-order valence-electron chi connectivity index (χ3n) is 2.58. The SMILES string of the molecule is Cc1ccc(S(=O)(=O)N[C@H](C)C(N)=O)cc1C(F)(F)F.